The summed E-state index contributed by atoms with van der Waals surface area (Å²) in [6, 6.07) is 5.90. The van der Waals surface area contributed by atoms with Crippen LogP contribution in [0.2, 0.25) is 0 Å². The Hall–Kier alpha value is -1.88. The average molecular weight is 315 g/mol. The third-order valence-corrected chi connectivity index (χ3v) is 5.11. The van der Waals surface area contributed by atoms with Crippen LogP contribution in [0, 0.1) is 12.3 Å². The second-order valence-electron chi connectivity index (χ2n) is 6.53. The Bertz CT molecular complexity index is 698. The van der Waals surface area contributed by atoms with E-state index in [9.17, 15) is 5.11 Å². The van der Waals surface area contributed by atoms with Crippen LogP contribution in [0.3, 0.4) is 0 Å². The van der Waals surface area contributed by atoms with Crippen LogP contribution in [0.1, 0.15) is 31.9 Å². The molecule has 2 heterocycles. The van der Waals surface area contributed by atoms with Crippen molar-refractivity contribution < 1.29 is 9.84 Å². The molecular formula is C18H25N3O2. The van der Waals surface area contributed by atoms with Gasteiger partial charge in [0, 0.05) is 30.0 Å². The van der Waals surface area contributed by atoms with Crippen molar-refractivity contribution in [2.24, 2.45) is 5.41 Å². The van der Waals surface area contributed by atoms with E-state index in [4.69, 9.17) is 14.7 Å². The first-order valence-electron chi connectivity index (χ1n) is 8.29. The summed E-state index contributed by atoms with van der Waals surface area (Å²) in [7, 11) is 1.66. The van der Waals surface area contributed by atoms with Crippen molar-refractivity contribution in [2.75, 3.05) is 31.7 Å². The van der Waals surface area contributed by atoms with E-state index in [1.54, 1.807) is 7.11 Å². The summed E-state index contributed by atoms with van der Waals surface area (Å²) in [5.41, 5.74) is 1.85. The number of ether oxygens (including phenoxy) is 1. The lowest BCUT2D eigenvalue weighted by molar-refractivity contribution is 0.101. The van der Waals surface area contributed by atoms with Crippen LogP contribution in [0.25, 0.3) is 10.9 Å². The monoisotopic (exact) mass is 315 g/mol. The van der Waals surface area contributed by atoms with Crippen LogP contribution in [0.4, 0.5) is 5.95 Å². The Morgan fingerprint density at radius 1 is 1.35 bits per heavy atom. The van der Waals surface area contributed by atoms with E-state index in [0.717, 1.165) is 60.6 Å². The second kappa shape index (κ2) is 6.32. The summed E-state index contributed by atoms with van der Waals surface area (Å²) in [6.07, 6.45) is 3.10. The molecule has 23 heavy (non-hydrogen) atoms. The number of hydrogen-bond donors (Lipinski definition) is 1. The fraction of sp³-hybridized carbons (Fsp3) is 0.556. The standard InChI is InChI=1S/C18H25N3O2/c1-4-18(12-22)8-5-9-21(11-18)17-19-13(2)15-7-6-14(23-3)10-16(15)20-17/h6-7,10,22H,4-5,8-9,11-12H2,1-3H3/t18-/m0/s1. The highest BCUT2D eigenvalue weighted by Crippen LogP contribution is 2.34. The molecule has 1 fully saturated rings. The van der Waals surface area contributed by atoms with Crippen molar-refractivity contribution in [1.82, 2.24) is 9.97 Å². The number of nitrogens with zero attached hydrogens (tertiary/aromatic N) is 3. The van der Waals surface area contributed by atoms with Crippen molar-refractivity contribution in [1.29, 1.82) is 0 Å². The molecule has 0 aliphatic carbocycles. The maximum absolute atomic E-state index is 9.82. The highest BCUT2D eigenvalue weighted by molar-refractivity contribution is 5.83. The van der Waals surface area contributed by atoms with Gasteiger partial charge in [-0.05, 0) is 38.3 Å². The lowest BCUT2D eigenvalue weighted by Crippen LogP contribution is -2.45. The highest BCUT2D eigenvalue weighted by atomic mass is 16.5. The van der Waals surface area contributed by atoms with Crippen LogP contribution in [-0.2, 0) is 0 Å². The topological polar surface area (TPSA) is 58.5 Å². The van der Waals surface area contributed by atoms with E-state index >= 15 is 0 Å². The Kier molecular flexibility index (Phi) is 4.39. The summed E-state index contributed by atoms with van der Waals surface area (Å²) in [6.45, 7) is 6.14. The van der Waals surface area contributed by atoms with Crippen LogP contribution in [0.5, 0.6) is 5.75 Å². The molecule has 2 aromatic rings. The summed E-state index contributed by atoms with van der Waals surface area (Å²) in [4.78, 5) is 11.7. The number of aliphatic hydroxyl groups is 1. The molecule has 1 aromatic heterocycles. The number of piperidine rings is 1. The highest BCUT2D eigenvalue weighted by Gasteiger charge is 2.34. The molecule has 0 bridgehead atoms. The number of benzene rings is 1. The zero-order valence-electron chi connectivity index (χ0n) is 14.2. The number of rotatable bonds is 4. The predicted molar refractivity (Wildman–Crippen MR) is 92.1 cm³/mol. The van der Waals surface area contributed by atoms with Crippen LogP contribution < -0.4 is 9.64 Å². The van der Waals surface area contributed by atoms with Crippen molar-refractivity contribution >= 4 is 16.9 Å². The number of aliphatic hydroxyl groups excluding tert-OH is 1. The van der Waals surface area contributed by atoms with Gasteiger partial charge in [0.25, 0.3) is 0 Å². The zero-order valence-corrected chi connectivity index (χ0v) is 14.2. The summed E-state index contributed by atoms with van der Waals surface area (Å²) < 4.78 is 5.31. The Morgan fingerprint density at radius 3 is 2.87 bits per heavy atom. The SMILES string of the molecule is CC[C@]1(CO)CCCN(c2nc(C)c3ccc(OC)cc3n2)C1. The molecule has 1 aliphatic heterocycles. The molecule has 1 N–H and O–H groups in total. The van der Waals surface area contributed by atoms with Gasteiger partial charge in [0.1, 0.15) is 5.75 Å². The molecule has 0 saturated carbocycles. The van der Waals surface area contributed by atoms with Crippen LogP contribution >= 0.6 is 0 Å². The van der Waals surface area contributed by atoms with Gasteiger partial charge in [0.2, 0.25) is 5.95 Å². The number of aryl methyl sites for hydroxylation is 1. The number of aromatic nitrogens is 2. The number of anilines is 1. The minimum atomic E-state index is -0.0289. The quantitative estimate of drug-likeness (QED) is 0.940. The van der Waals surface area contributed by atoms with Crippen molar-refractivity contribution in [3.05, 3.63) is 23.9 Å². The molecule has 5 nitrogen and oxygen atoms in total. The van der Waals surface area contributed by atoms with Crippen molar-refractivity contribution in [3.8, 4) is 5.75 Å². The van der Waals surface area contributed by atoms with Crippen LogP contribution in [-0.4, -0.2) is 41.9 Å². The molecule has 1 atom stereocenters. The smallest absolute Gasteiger partial charge is 0.226 e. The molecule has 0 amide bonds. The molecule has 3 rings (SSSR count). The van der Waals surface area contributed by atoms with Gasteiger partial charge < -0.3 is 14.7 Å². The zero-order chi connectivity index (χ0) is 16.4. The van der Waals surface area contributed by atoms with Gasteiger partial charge in [-0.3, -0.25) is 0 Å². The van der Waals surface area contributed by atoms with Gasteiger partial charge in [0.05, 0.1) is 24.9 Å². The maximum atomic E-state index is 9.82. The number of fused-ring (bicyclic) bond motifs is 1. The summed E-state index contributed by atoms with van der Waals surface area (Å²) in [5.74, 6) is 1.56. The van der Waals surface area contributed by atoms with E-state index in [0.29, 0.717) is 0 Å². The molecule has 1 saturated heterocycles. The normalized spacial score (nSPS) is 21.7. The summed E-state index contributed by atoms with van der Waals surface area (Å²) in [5, 5.41) is 10.9. The molecule has 1 aliphatic rings. The molecule has 5 heteroatoms. The largest absolute Gasteiger partial charge is 0.497 e. The second-order valence-corrected chi connectivity index (χ2v) is 6.53. The number of methoxy groups -OCH3 is 1. The minimum absolute atomic E-state index is 0.0289. The van der Waals surface area contributed by atoms with Gasteiger partial charge in [-0.1, -0.05) is 6.92 Å². The summed E-state index contributed by atoms with van der Waals surface area (Å²) >= 11 is 0. The Labute approximate surface area is 137 Å². The molecule has 0 spiro atoms. The van der Waals surface area contributed by atoms with E-state index in [1.807, 2.05) is 25.1 Å². The van der Waals surface area contributed by atoms with E-state index in [-0.39, 0.29) is 12.0 Å². The molecule has 1 aromatic carbocycles. The van der Waals surface area contributed by atoms with Gasteiger partial charge >= 0.3 is 0 Å². The fourth-order valence-electron chi connectivity index (χ4n) is 3.43. The van der Waals surface area contributed by atoms with Crippen LogP contribution in [0.15, 0.2) is 18.2 Å². The van der Waals surface area contributed by atoms with Gasteiger partial charge in [0.15, 0.2) is 0 Å². The third-order valence-electron chi connectivity index (χ3n) is 5.11. The van der Waals surface area contributed by atoms with Gasteiger partial charge in [-0.15, -0.1) is 0 Å². The number of hydrogen-bond acceptors (Lipinski definition) is 5. The van der Waals surface area contributed by atoms with E-state index < -0.39 is 0 Å². The molecular weight excluding hydrogens is 290 g/mol. The first-order chi connectivity index (χ1) is 11.1. The van der Waals surface area contributed by atoms with Crippen molar-refractivity contribution in [3.63, 3.8) is 0 Å². The lowest BCUT2D eigenvalue weighted by atomic mass is 9.78. The average Bonchev–Trinajstić information content (AvgIpc) is 2.61. The molecule has 0 unspecified atom stereocenters. The minimum Gasteiger partial charge on any atom is -0.497 e. The lowest BCUT2D eigenvalue weighted by Gasteiger charge is -2.41. The fourth-order valence-corrected chi connectivity index (χ4v) is 3.43. The third kappa shape index (κ3) is 2.98. The van der Waals surface area contributed by atoms with Crippen molar-refractivity contribution in [2.45, 2.75) is 33.1 Å². The first kappa shape index (κ1) is 16.0. The van der Waals surface area contributed by atoms with E-state index in [2.05, 4.69) is 11.8 Å². The molecule has 124 valence electrons. The molecule has 0 radical (unpaired) electrons. The van der Waals surface area contributed by atoms with E-state index in [1.165, 1.54) is 0 Å². The first-order valence-corrected chi connectivity index (χ1v) is 8.29. The van der Waals surface area contributed by atoms with Gasteiger partial charge in [-0.2, -0.15) is 0 Å². The van der Waals surface area contributed by atoms with Gasteiger partial charge in [-0.25, -0.2) is 9.97 Å². The predicted octanol–water partition coefficient (Wildman–Crippen LogP) is 2.94. The Balaban J connectivity index is 1.99. The Morgan fingerprint density at radius 2 is 2.17 bits per heavy atom. The maximum Gasteiger partial charge on any atom is 0.226 e.